The molecule has 0 unspecified atom stereocenters. The van der Waals surface area contributed by atoms with Crippen LogP contribution in [-0.2, 0) is 14.8 Å². The predicted molar refractivity (Wildman–Crippen MR) is 67.1 cm³/mol. The Hall–Kier alpha value is -2.76. The molecule has 1 rings (SSSR count). The molecule has 0 saturated heterocycles. The second-order valence-corrected chi connectivity index (χ2v) is 5.14. The summed E-state index contributed by atoms with van der Waals surface area (Å²) in [5, 5.41) is 21.4. The van der Waals surface area contributed by atoms with Crippen molar-refractivity contribution in [3.05, 3.63) is 38.4 Å². The van der Waals surface area contributed by atoms with Gasteiger partial charge in [-0.15, -0.1) is 0 Å². The molecule has 0 heterocycles. The van der Waals surface area contributed by atoms with Gasteiger partial charge in [-0.05, 0) is 13.0 Å². The molecule has 0 saturated carbocycles. The van der Waals surface area contributed by atoms with E-state index in [-0.39, 0.29) is 6.61 Å². The van der Waals surface area contributed by atoms with Crippen molar-refractivity contribution in [1.29, 1.82) is 0 Å². The van der Waals surface area contributed by atoms with Gasteiger partial charge in [0.15, 0.2) is 4.90 Å². The van der Waals surface area contributed by atoms with Crippen molar-refractivity contribution < 1.29 is 27.8 Å². The fraction of sp³-hybridized carbons (Fsp3) is 0.222. The van der Waals surface area contributed by atoms with Crippen molar-refractivity contribution in [2.45, 2.75) is 11.8 Å². The Morgan fingerprint density at radius 2 is 1.90 bits per heavy atom. The Morgan fingerprint density at radius 3 is 2.38 bits per heavy atom. The molecule has 0 aliphatic heterocycles. The van der Waals surface area contributed by atoms with Gasteiger partial charge >= 0.3 is 6.09 Å². The number of carbonyl (C=O) groups excluding carboxylic acids is 1. The molecule has 0 fully saturated rings. The fourth-order valence-corrected chi connectivity index (χ4v) is 2.36. The zero-order valence-corrected chi connectivity index (χ0v) is 11.3. The highest BCUT2D eigenvalue weighted by atomic mass is 32.2. The third kappa shape index (κ3) is 3.85. The predicted octanol–water partition coefficient (Wildman–Crippen LogP) is 0.938. The first kappa shape index (κ1) is 16.3. The number of non-ortho nitro benzene ring substituents is 1. The first-order valence-corrected chi connectivity index (χ1v) is 6.79. The lowest BCUT2D eigenvalue weighted by Crippen LogP contribution is -2.31. The lowest BCUT2D eigenvalue weighted by molar-refractivity contribution is -0.396. The van der Waals surface area contributed by atoms with E-state index in [4.69, 9.17) is 0 Å². The molecule has 0 radical (unpaired) electrons. The third-order valence-corrected chi connectivity index (χ3v) is 3.49. The summed E-state index contributed by atoms with van der Waals surface area (Å²) in [6, 6.07) is 1.92. The number of hydrogen-bond acceptors (Lipinski definition) is 8. The number of carbonyl (C=O) groups is 1. The molecule has 1 aromatic carbocycles. The Bertz CT molecular complexity index is 699. The number of ether oxygens (including phenoxy) is 1. The van der Waals surface area contributed by atoms with E-state index in [0.29, 0.717) is 12.1 Å². The molecule has 0 atom stereocenters. The molecule has 21 heavy (non-hydrogen) atoms. The quantitative estimate of drug-likeness (QED) is 0.619. The van der Waals surface area contributed by atoms with E-state index in [9.17, 15) is 33.4 Å². The van der Waals surface area contributed by atoms with Crippen LogP contribution in [0.1, 0.15) is 6.92 Å². The maximum absolute atomic E-state index is 11.8. The Morgan fingerprint density at radius 1 is 1.29 bits per heavy atom. The standard InChI is InChI=1S/C9H9N3O8S/c1-2-20-9(13)10-21(18,19)8-4-3-6(11(14)15)5-7(8)12(16)17/h3-5H,2H2,1H3,(H,10,13). The van der Waals surface area contributed by atoms with Gasteiger partial charge in [-0.1, -0.05) is 0 Å². The van der Waals surface area contributed by atoms with Crippen LogP contribution in [0.5, 0.6) is 0 Å². The van der Waals surface area contributed by atoms with Gasteiger partial charge in [0.1, 0.15) is 0 Å². The van der Waals surface area contributed by atoms with E-state index in [1.807, 2.05) is 0 Å². The van der Waals surface area contributed by atoms with E-state index < -0.39 is 42.2 Å². The maximum Gasteiger partial charge on any atom is 0.421 e. The topological polar surface area (TPSA) is 159 Å². The number of sulfonamides is 1. The summed E-state index contributed by atoms with van der Waals surface area (Å²) in [6.45, 7) is 1.32. The van der Waals surface area contributed by atoms with Gasteiger partial charge in [0, 0.05) is 6.07 Å². The van der Waals surface area contributed by atoms with E-state index in [1.165, 1.54) is 11.6 Å². The van der Waals surface area contributed by atoms with Crippen LogP contribution in [-0.4, -0.2) is 31.0 Å². The number of amides is 1. The van der Waals surface area contributed by atoms with Crippen molar-refractivity contribution in [2.24, 2.45) is 0 Å². The van der Waals surface area contributed by atoms with Gasteiger partial charge in [0.25, 0.3) is 21.4 Å². The molecule has 11 nitrogen and oxygen atoms in total. The zero-order chi connectivity index (χ0) is 16.2. The molecule has 1 amide bonds. The minimum Gasteiger partial charge on any atom is -0.449 e. The number of hydrogen-bond donors (Lipinski definition) is 1. The molecular weight excluding hydrogens is 310 g/mol. The lowest BCUT2D eigenvalue weighted by Gasteiger charge is -2.07. The molecule has 0 bridgehead atoms. The van der Waals surface area contributed by atoms with Crippen molar-refractivity contribution in [3.8, 4) is 0 Å². The maximum atomic E-state index is 11.8. The summed E-state index contributed by atoms with van der Waals surface area (Å²) in [4.78, 5) is 29.6. The minimum absolute atomic E-state index is 0.107. The average molecular weight is 319 g/mol. The van der Waals surface area contributed by atoms with Gasteiger partial charge in [-0.2, -0.15) is 0 Å². The number of nitrogens with zero attached hydrogens (tertiary/aromatic N) is 2. The average Bonchev–Trinajstić information content (AvgIpc) is 2.37. The van der Waals surface area contributed by atoms with E-state index in [0.717, 1.165) is 6.07 Å². The summed E-state index contributed by atoms with van der Waals surface area (Å²) < 4.78 is 29.5. The minimum atomic E-state index is -4.59. The molecule has 0 spiro atoms. The smallest absolute Gasteiger partial charge is 0.421 e. The highest BCUT2D eigenvalue weighted by molar-refractivity contribution is 7.90. The largest absolute Gasteiger partial charge is 0.449 e. The lowest BCUT2D eigenvalue weighted by atomic mass is 10.3. The third-order valence-electron chi connectivity index (χ3n) is 2.13. The summed E-state index contributed by atoms with van der Waals surface area (Å²) in [7, 11) is -4.59. The second-order valence-electron chi connectivity index (χ2n) is 3.49. The zero-order valence-electron chi connectivity index (χ0n) is 10.5. The van der Waals surface area contributed by atoms with Crippen LogP contribution < -0.4 is 4.72 Å². The van der Waals surface area contributed by atoms with Crippen molar-refractivity contribution >= 4 is 27.5 Å². The van der Waals surface area contributed by atoms with Gasteiger partial charge < -0.3 is 4.74 Å². The highest BCUT2D eigenvalue weighted by Crippen LogP contribution is 2.28. The monoisotopic (exact) mass is 319 g/mol. The van der Waals surface area contributed by atoms with Gasteiger partial charge in [-0.3, -0.25) is 20.2 Å². The summed E-state index contributed by atoms with van der Waals surface area (Å²) in [5.74, 6) is 0. The van der Waals surface area contributed by atoms with E-state index in [2.05, 4.69) is 4.74 Å². The number of rotatable bonds is 5. The van der Waals surface area contributed by atoms with Crippen LogP contribution in [0.4, 0.5) is 16.2 Å². The van der Waals surface area contributed by atoms with E-state index in [1.54, 1.807) is 0 Å². The van der Waals surface area contributed by atoms with Crippen LogP contribution in [0.15, 0.2) is 23.1 Å². The van der Waals surface area contributed by atoms with Gasteiger partial charge in [-0.25, -0.2) is 17.9 Å². The SMILES string of the molecule is CCOC(=O)NS(=O)(=O)c1ccc([N+](=O)[O-])cc1[N+](=O)[O-]. The molecule has 0 aliphatic rings. The number of benzene rings is 1. The van der Waals surface area contributed by atoms with E-state index >= 15 is 0 Å². The molecule has 12 heteroatoms. The summed E-state index contributed by atoms with van der Waals surface area (Å²) in [6.07, 6.45) is -1.31. The molecule has 0 aliphatic carbocycles. The Labute approximate surface area is 117 Å². The van der Waals surface area contributed by atoms with Crippen molar-refractivity contribution in [3.63, 3.8) is 0 Å². The first-order chi connectivity index (χ1) is 9.69. The number of nitrogens with one attached hydrogen (secondary N) is 1. The van der Waals surface area contributed by atoms with Crippen molar-refractivity contribution in [2.75, 3.05) is 6.61 Å². The van der Waals surface area contributed by atoms with Crippen LogP contribution >= 0.6 is 0 Å². The molecule has 1 aromatic rings. The van der Waals surface area contributed by atoms with Gasteiger partial charge in [0.2, 0.25) is 0 Å². The Kier molecular flexibility index (Phi) is 4.75. The van der Waals surface area contributed by atoms with Gasteiger partial charge in [0.05, 0.1) is 22.5 Å². The van der Waals surface area contributed by atoms with Crippen LogP contribution in [0, 0.1) is 20.2 Å². The summed E-state index contributed by atoms with van der Waals surface area (Å²) in [5.41, 5.74) is -1.68. The van der Waals surface area contributed by atoms with Crippen LogP contribution in [0.3, 0.4) is 0 Å². The van der Waals surface area contributed by atoms with Crippen LogP contribution in [0.25, 0.3) is 0 Å². The molecule has 1 N–H and O–H groups in total. The Balaban J connectivity index is 3.32. The number of nitro groups is 2. The number of nitro benzene ring substituents is 2. The van der Waals surface area contributed by atoms with Crippen LogP contribution in [0.2, 0.25) is 0 Å². The molecular formula is C9H9N3O8S. The normalized spacial score (nSPS) is 10.7. The molecule has 0 aromatic heterocycles. The second kappa shape index (κ2) is 6.13. The highest BCUT2D eigenvalue weighted by Gasteiger charge is 2.30. The summed E-state index contributed by atoms with van der Waals surface area (Å²) >= 11 is 0. The molecule has 114 valence electrons. The first-order valence-electron chi connectivity index (χ1n) is 5.31. The van der Waals surface area contributed by atoms with Crippen molar-refractivity contribution in [1.82, 2.24) is 4.72 Å². The fourth-order valence-electron chi connectivity index (χ4n) is 1.31.